The van der Waals surface area contributed by atoms with Gasteiger partial charge in [-0.1, -0.05) is 0 Å². The lowest BCUT2D eigenvalue weighted by atomic mass is 10.3. The number of thiophene rings is 1. The molecule has 0 saturated carbocycles. The SMILES string of the molecule is COC(=O)c1cc(OC)c(S(=O)(=O)NCCCCN)s1.Cl. The van der Waals surface area contributed by atoms with Gasteiger partial charge in [-0.2, -0.15) is 0 Å². The van der Waals surface area contributed by atoms with Crippen LogP contribution in [0.2, 0.25) is 0 Å². The summed E-state index contributed by atoms with van der Waals surface area (Å²) in [7, 11) is -1.14. The summed E-state index contributed by atoms with van der Waals surface area (Å²) in [5.74, 6) is -0.473. The average Bonchev–Trinajstić information content (AvgIpc) is 2.88. The maximum absolute atomic E-state index is 12.1. The Bertz CT molecular complexity index is 559. The van der Waals surface area contributed by atoms with Crippen molar-refractivity contribution < 1.29 is 22.7 Å². The van der Waals surface area contributed by atoms with Crippen LogP contribution in [0.25, 0.3) is 0 Å². The molecule has 0 fully saturated rings. The van der Waals surface area contributed by atoms with E-state index in [-0.39, 0.29) is 33.8 Å². The standard InChI is InChI=1S/C11H18N2O5S2.ClH/c1-17-8-7-9(10(14)18-2)19-11(8)20(15,16)13-6-4-3-5-12;/h7,13H,3-6,12H2,1-2H3;1H. The normalized spacial score (nSPS) is 10.8. The Morgan fingerprint density at radius 3 is 2.57 bits per heavy atom. The molecule has 0 saturated heterocycles. The second-order valence-corrected chi connectivity index (χ2v) is 6.87. The predicted octanol–water partition coefficient (Wildman–Crippen LogP) is 0.982. The first-order valence-electron chi connectivity index (χ1n) is 5.92. The van der Waals surface area contributed by atoms with Crippen molar-refractivity contribution in [3.05, 3.63) is 10.9 Å². The zero-order valence-electron chi connectivity index (χ0n) is 11.7. The Balaban J connectivity index is 0.00000400. The highest BCUT2D eigenvalue weighted by Gasteiger charge is 2.25. The minimum absolute atomic E-state index is 0. The van der Waals surface area contributed by atoms with Crippen LogP contribution in [0.15, 0.2) is 10.3 Å². The third-order valence-electron chi connectivity index (χ3n) is 2.44. The molecule has 0 spiro atoms. The molecule has 0 bridgehead atoms. The van der Waals surface area contributed by atoms with Crippen LogP contribution in [-0.2, 0) is 14.8 Å². The van der Waals surface area contributed by atoms with E-state index in [9.17, 15) is 13.2 Å². The topological polar surface area (TPSA) is 108 Å². The van der Waals surface area contributed by atoms with Crippen molar-refractivity contribution in [2.45, 2.75) is 17.1 Å². The van der Waals surface area contributed by atoms with E-state index in [0.717, 1.165) is 17.8 Å². The van der Waals surface area contributed by atoms with Gasteiger partial charge in [0.05, 0.1) is 14.2 Å². The van der Waals surface area contributed by atoms with Gasteiger partial charge in [0, 0.05) is 12.6 Å². The molecule has 21 heavy (non-hydrogen) atoms. The minimum atomic E-state index is -3.71. The lowest BCUT2D eigenvalue weighted by molar-refractivity contribution is 0.0606. The molecule has 3 N–H and O–H groups in total. The van der Waals surface area contributed by atoms with Crippen molar-refractivity contribution in [1.29, 1.82) is 0 Å². The highest BCUT2D eigenvalue weighted by atomic mass is 35.5. The van der Waals surface area contributed by atoms with Gasteiger partial charge in [-0.3, -0.25) is 0 Å². The quantitative estimate of drug-likeness (QED) is 0.530. The number of hydrogen-bond acceptors (Lipinski definition) is 7. The van der Waals surface area contributed by atoms with E-state index < -0.39 is 16.0 Å². The van der Waals surface area contributed by atoms with Gasteiger partial charge in [0.2, 0.25) is 0 Å². The summed E-state index contributed by atoms with van der Waals surface area (Å²) in [6.07, 6.45) is 1.38. The second kappa shape index (κ2) is 9.21. The van der Waals surface area contributed by atoms with Gasteiger partial charge in [0.25, 0.3) is 10.0 Å². The number of methoxy groups -OCH3 is 2. The molecule has 0 aliphatic carbocycles. The summed E-state index contributed by atoms with van der Waals surface area (Å²) in [5.41, 5.74) is 5.34. The number of unbranched alkanes of at least 4 members (excludes halogenated alkanes) is 1. The first-order chi connectivity index (χ1) is 9.46. The molecular weight excluding hydrogens is 340 g/mol. The summed E-state index contributed by atoms with van der Waals surface area (Å²) < 4.78 is 36.2. The molecule has 10 heteroatoms. The summed E-state index contributed by atoms with van der Waals surface area (Å²) in [6.45, 7) is 0.796. The first-order valence-corrected chi connectivity index (χ1v) is 8.22. The van der Waals surface area contributed by atoms with Gasteiger partial charge in [0.1, 0.15) is 4.88 Å². The molecule has 122 valence electrons. The van der Waals surface area contributed by atoms with E-state index in [4.69, 9.17) is 10.5 Å². The van der Waals surface area contributed by atoms with E-state index in [2.05, 4.69) is 9.46 Å². The van der Waals surface area contributed by atoms with Gasteiger partial charge >= 0.3 is 5.97 Å². The molecule has 0 radical (unpaired) electrons. The highest BCUT2D eigenvalue weighted by Crippen LogP contribution is 2.33. The van der Waals surface area contributed by atoms with Crippen molar-refractivity contribution >= 4 is 39.7 Å². The summed E-state index contributed by atoms with van der Waals surface area (Å²) in [4.78, 5) is 11.6. The van der Waals surface area contributed by atoms with Gasteiger partial charge in [-0.05, 0) is 19.4 Å². The van der Waals surface area contributed by atoms with Crippen LogP contribution >= 0.6 is 23.7 Å². The van der Waals surface area contributed by atoms with E-state index in [1.54, 1.807) is 0 Å². The third kappa shape index (κ3) is 5.44. The van der Waals surface area contributed by atoms with E-state index in [0.29, 0.717) is 13.0 Å². The molecule has 7 nitrogen and oxygen atoms in total. The molecule has 0 unspecified atom stereocenters. The molecular formula is C11H19ClN2O5S2. The van der Waals surface area contributed by atoms with Crippen LogP contribution in [0.1, 0.15) is 22.5 Å². The minimum Gasteiger partial charge on any atom is -0.494 e. The van der Waals surface area contributed by atoms with Crippen LogP contribution in [0.3, 0.4) is 0 Å². The zero-order valence-corrected chi connectivity index (χ0v) is 14.2. The monoisotopic (exact) mass is 358 g/mol. The number of rotatable bonds is 8. The molecule has 1 aromatic heterocycles. The summed E-state index contributed by atoms with van der Waals surface area (Å²) in [5, 5.41) is 0. The predicted molar refractivity (Wildman–Crippen MR) is 82.9 cm³/mol. The molecule has 0 atom stereocenters. The molecule has 1 heterocycles. The Hall–Kier alpha value is -0.870. The number of nitrogens with two attached hydrogens (primary N) is 1. The zero-order chi connectivity index (χ0) is 15.2. The molecule has 0 amide bonds. The van der Waals surface area contributed by atoms with Crippen LogP contribution in [0, 0.1) is 0 Å². The third-order valence-corrected chi connectivity index (χ3v) is 5.51. The van der Waals surface area contributed by atoms with Gasteiger partial charge in [-0.25, -0.2) is 17.9 Å². The summed E-state index contributed by atoms with van der Waals surface area (Å²) >= 11 is 0.813. The maximum Gasteiger partial charge on any atom is 0.348 e. The molecule has 0 aromatic carbocycles. The number of nitrogens with one attached hydrogen (secondary N) is 1. The van der Waals surface area contributed by atoms with Gasteiger partial charge < -0.3 is 15.2 Å². The average molecular weight is 359 g/mol. The lowest BCUT2D eigenvalue weighted by Gasteiger charge is -2.06. The Kier molecular flexibility index (Phi) is 8.83. The van der Waals surface area contributed by atoms with E-state index in [1.165, 1.54) is 20.3 Å². The highest BCUT2D eigenvalue weighted by molar-refractivity contribution is 7.91. The number of hydrogen-bond donors (Lipinski definition) is 2. The number of esters is 1. The molecule has 1 aromatic rings. The Morgan fingerprint density at radius 2 is 2.05 bits per heavy atom. The Labute approximate surface area is 134 Å². The smallest absolute Gasteiger partial charge is 0.348 e. The fourth-order valence-corrected chi connectivity index (χ4v) is 4.04. The summed E-state index contributed by atoms with van der Waals surface area (Å²) in [6, 6.07) is 1.35. The van der Waals surface area contributed by atoms with Crippen molar-refractivity contribution in [3.8, 4) is 5.75 Å². The van der Waals surface area contributed by atoms with Gasteiger partial charge in [0.15, 0.2) is 9.96 Å². The molecule has 0 aliphatic rings. The second-order valence-electron chi connectivity index (χ2n) is 3.85. The van der Waals surface area contributed by atoms with E-state index >= 15 is 0 Å². The maximum atomic E-state index is 12.1. The number of carbonyl (C=O) groups excluding carboxylic acids is 1. The van der Waals surface area contributed by atoms with Crippen molar-refractivity contribution in [2.75, 3.05) is 27.3 Å². The Morgan fingerprint density at radius 1 is 1.38 bits per heavy atom. The largest absolute Gasteiger partial charge is 0.494 e. The van der Waals surface area contributed by atoms with E-state index in [1.807, 2.05) is 0 Å². The molecule has 1 rings (SSSR count). The number of sulfonamides is 1. The molecule has 0 aliphatic heterocycles. The van der Waals surface area contributed by atoms with Crippen LogP contribution in [-0.4, -0.2) is 41.7 Å². The fourth-order valence-electron chi connectivity index (χ4n) is 1.43. The van der Waals surface area contributed by atoms with Crippen LogP contribution < -0.4 is 15.2 Å². The van der Waals surface area contributed by atoms with Crippen molar-refractivity contribution in [2.24, 2.45) is 5.73 Å². The number of carbonyl (C=O) groups is 1. The lowest BCUT2D eigenvalue weighted by Crippen LogP contribution is -2.24. The van der Waals surface area contributed by atoms with Crippen LogP contribution in [0.5, 0.6) is 5.75 Å². The number of ether oxygens (including phenoxy) is 2. The van der Waals surface area contributed by atoms with Crippen molar-refractivity contribution in [1.82, 2.24) is 4.72 Å². The van der Waals surface area contributed by atoms with Crippen LogP contribution in [0.4, 0.5) is 0 Å². The van der Waals surface area contributed by atoms with Crippen molar-refractivity contribution in [3.63, 3.8) is 0 Å². The fraction of sp³-hybridized carbons (Fsp3) is 0.545. The first kappa shape index (κ1) is 20.1. The number of halogens is 1. The van der Waals surface area contributed by atoms with Gasteiger partial charge in [-0.15, -0.1) is 23.7 Å².